The number of halogens is 2. The summed E-state index contributed by atoms with van der Waals surface area (Å²) >= 11 is 12.9. The lowest BCUT2D eigenvalue weighted by molar-refractivity contribution is -0.114. The first-order chi connectivity index (χ1) is 15.1. The van der Waals surface area contributed by atoms with Crippen LogP contribution in [0.5, 0.6) is 5.75 Å². The van der Waals surface area contributed by atoms with E-state index in [2.05, 4.69) is 10.1 Å². The number of hydrogen-bond acceptors (Lipinski definition) is 7. The van der Waals surface area contributed by atoms with Gasteiger partial charge in [0.2, 0.25) is 19.4 Å². The number of sulfone groups is 1. The third-order valence-corrected chi connectivity index (χ3v) is 7.45. The van der Waals surface area contributed by atoms with Gasteiger partial charge in [0.05, 0.1) is 10.6 Å². The van der Waals surface area contributed by atoms with Crippen molar-refractivity contribution >= 4 is 72.2 Å². The normalized spacial score (nSPS) is 17.3. The first-order valence-corrected chi connectivity index (χ1v) is 12.5. The van der Waals surface area contributed by atoms with Gasteiger partial charge in [-0.2, -0.15) is 10.0 Å². The molecule has 0 radical (unpaired) electrons. The summed E-state index contributed by atoms with van der Waals surface area (Å²) in [6.07, 6.45) is 2.44. The van der Waals surface area contributed by atoms with Crippen molar-refractivity contribution in [2.45, 2.75) is 6.61 Å². The zero-order valence-corrected chi connectivity index (χ0v) is 19.5. The number of thioether (sulfide) groups is 1. The molecule has 2 aromatic carbocycles. The van der Waals surface area contributed by atoms with E-state index in [-0.39, 0.29) is 21.0 Å². The van der Waals surface area contributed by atoms with E-state index in [1.54, 1.807) is 30.3 Å². The van der Waals surface area contributed by atoms with Crippen LogP contribution >= 0.6 is 35.0 Å². The SMILES string of the molecule is CS(=O)(=O)C1=NN2C(=N)/C(=C\c3ccc(OCc4ccc(Cl)cc4)c(Cl)c3)C(=O)N=C2S1. The van der Waals surface area contributed by atoms with Gasteiger partial charge in [0.1, 0.15) is 12.4 Å². The summed E-state index contributed by atoms with van der Waals surface area (Å²) in [6.45, 7) is 0.297. The number of ether oxygens (including phenoxy) is 1. The first-order valence-electron chi connectivity index (χ1n) is 8.99. The highest BCUT2D eigenvalue weighted by atomic mass is 35.5. The molecule has 4 rings (SSSR count). The molecule has 0 bridgehead atoms. The Morgan fingerprint density at radius 1 is 1.19 bits per heavy atom. The van der Waals surface area contributed by atoms with Crippen LogP contribution in [0.25, 0.3) is 6.08 Å². The lowest BCUT2D eigenvalue weighted by atomic mass is 10.1. The number of benzene rings is 2. The zero-order valence-electron chi connectivity index (χ0n) is 16.4. The number of fused-ring (bicyclic) bond motifs is 1. The number of nitrogens with zero attached hydrogens (tertiary/aromatic N) is 3. The molecule has 2 aliphatic rings. The number of aliphatic imine (C=N–C) groups is 1. The number of hydrogen-bond donors (Lipinski definition) is 1. The van der Waals surface area contributed by atoms with Gasteiger partial charge in [0.25, 0.3) is 5.91 Å². The van der Waals surface area contributed by atoms with Crippen LogP contribution in [0.1, 0.15) is 11.1 Å². The fraction of sp³-hybridized carbons (Fsp3) is 0.100. The number of carbonyl (C=O) groups excluding carboxylic acids is 1. The summed E-state index contributed by atoms with van der Waals surface area (Å²) in [5.74, 6) is -0.490. The fourth-order valence-electron chi connectivity index (χ4n) is 2.76. The molecule has 0 fully saturated rings. The summed E-state index contributed by atoms with van der Waals surface area (Å²) in [6, 6.07) is 12.2. The van der Waals surface area contributed by atoms with Crippen molar-refractivity contribution in [3.8, 4) is 5.75 Å². The monoisotopic (exact) mass is 508 g/mol. The van der Waals surface area contributed by atoms with Crippen LogP contribution in [0.2, 0.25) is 10.0 Å². The molecule has 2 heterocycles. The Kier molecular flexibility index (Phi) is 6.13. The minimum absolute atomic E-state index is 0.0292. The molecule has 2 aliphatic heterocycles. The number of hydrazone groups is 1. The summed E-state index contributed by atoms with van der Waals surface area (Å²) < 4.78 is 29.0. The molecule has 1 N–H and O–H groups in total. The molecule has 0 aromatic heterocycles. The Morgan fingerprint density at radius 2 is 1.91 bits per heavy atom. The number of amides is 1. The maximum atomic E-state index is 12.4. The Balaban J connectivity index is 1.54. The van der Waals surface area contributed by atoms with E-state index in [1.165, 1.54) is 6.08 Å². The Labute approximate surface area is 198 Å². The Hall–Kier alpha value is -2.66. The fourth-order valence-corrected chi connectivity index (χ4v) is 4.81. The van der Waals surface area contributed by atoms with Crippen molar-refractivity contribution in [1.29, 1.82) is 5.41 Å². The highest BCUT2D eigenvalue weighted by Crippen LogP contribution is 2.31. The second-order valence-corrected chi connectivity index (χ2v) is 10.8. The van der Waals surface area contributed by atoms with Crippen LogP contribution in [-0.4, -0.2) is 41.0 Å². The van der Waals surface area contributed by atoms with Crippen LogP contribution < -0.4 is 4.74 Å². The third-order valence-electron chi connectivity index (χ3n) is 4.33. The topological polar surface area (TPSA) is 112 Å². The summed E-state index contributed by atoms with van der Waals surface area (Å²) in [5, 5.41) is 14.2. The minimum atomic E-state index is -3.59. The van der Waals surface area contributed by atoms with E-state index in [0.29, 0.717) is 28.0 Å². The second kappa shape index (κ2) is 8.70. The van der Waals surface area contributed by atoms with Gasteiger partial charge in [-0.05, 0) is 53.2 Å². The number of carbonyl (C=O) groups is 1. The molecule has 0 saturated heterocycles. The highest BCUT2D eigenvalue weighted by molar-refractivity contribution is 8.42. The lowest BCUT2D eigenvalue weighted by Crippen LogP contribution is -2.35. The van der Waals surface area contributed by atoms with E-state index in [0.717, 1.165) is 28.6 Å². The summed E-state index contributed by atoms with van der Waals surface area (Å²) in [7, 11) is -3.59. The molecular weight excluding hydrogens is 495 g/mol. The van der Waals surface area contributed by atoms with Crippen molar-refractivity contribution in [3.05, 3.63) is 69.2 Å². The standard InChI is InChI=1S/C20H14Cl2N4O4S2/c1-32(28,29)20-25-26-17(23)14(18(27)24-19(26)31-20)8-12-4-7-16(15(22)9-12)30-10-11-2-5-13(21)6-3-11/h2-9,23H,10H2,1H3/b14-8+,23-17?. The molecule has 1 amide bonds. The van der Waals surface area contributed by atoms with Gasteiger partial charge in [0.15, 0.2) is 5.84 Å². The van der Waals surface area contributed by atoms with Crippen molar-refractivity contribution in [2.24, 2.45) is 10.1 Å². The number of amidine groups is 2. The average molecular weight is 509 g/mol. The molecule has 0 spiro atoms. The molecule has 0 aliphatic carbocycles. The van der Waals surface area contributed by atoms with Crippen LogP contribution in [0, 0.1) is 5.41 Å². The van der Waals surface area contributed by atoms with Crippen LogP contribution in [0.4, 0.5) is 0 Å². The Bertz CT molecular complexity index is 1340. The first kappa shape index (κ1) is 22.5. The molecular formula is C20H14Cl2N4O4S2. The molecule has 12 heteroatoms. The van der Waals surface area contributed by atoms with Crippen molar-refractivity contribution in [2.75, 3.05) is 6.26 Å². The van der Waals surface area contributed by atoms with E-state index < -0.39 is 15.7 Å². The molecule has 32 heavy (non-hydrogen) atoms. The van der Waals surface area contributed by atoms with Gasteiger partial charge >= 0.3 is 0 Å². The number of rotatable bonds is 4. The zero-order chi connectivity index (χ0) is 23.0. The third kappa shape index (κ3) is 4.73. The maximum Gasteiger partial charge on any atom is 0.283 e. The quantitative estimate of drug-likeness (QED) is 0.619. The predicted molar refractivity (Wildman–Crippen MR) is 127 cm³/mol. The maximum absolute atomic E-state index is 12.4. The molecule has 2 aromatic rings. The van der Waals surface area contributed by atoms with Gasteiger partial charge in [-0.1, -0.05) is 41.4 Å². The minimum Gasteiger partial charge on any atom is -0.487 e. The van der Waals surface area contributed by atoms with Crippen molar-refractivity contribution in [1.82, 2.24) is 5.01 Å². The van der Waals surface area contributed by atoms with E-state index in [9.17, 15) is 13.2 Å². The lowest BCUT2D eigenvalue weighted by Gasteiger charge is -2.20. The average Bonchev–Trinajstić information content (AvgIpc) is 3.16. The van der Waals surface area contributed by atoms with Gasteiger partial charge < -0.3 is 4.74 Å². The van der Waals surface area contributed by atoms with Crippen molar-refractivity contribution < 1.29 is 17.9 Å². The van der Waals surface area contributed by atoms with E-state index >= 15 is 0 Å². The number of nitrogens with one attached hydrogen (secondary N) is 1. The summed E-state index contributed by atoms with van der Waals surface area (Å²) in [5.41, 5.74) is 1.42. The van der Waals surface area contributed by atoms with Crippen LogP contribution in [-0.2, 0) is 21.2 Å². The highest BCUT2D eigenvalue weighted by Gasteiger charge is 2.38. The largest absolute Gasteiger partial charge is 0.487 e. The summed E-state index contributed by atoms with van der Waals surface area (Å²) in [4.78, 5) is 16.3. The molecule has 8 nitrogen and oxygen atoms in total. The Morgan fingerprint density at radius 3 is 2.56 bits per heavy atom. The van der Waals surface area contributed by atoms with Gasteiger partial charge in [-0.25, -0.2) is 8.42 Å². The second-order valence-electron chi connectivity index (χ2n) is 6.76. The van der Waals surface area contributed by atoms with Crippen molar-refractivity contribution in [3.63, 3.8) is 0 Å². The molecule has 0 unspecified atom stereocenters. The van der Waals surface area contributed by atoms with Gasteiger partial charge in [-0.3, -0.25) is 10.2 Å². The van der Waals surface area contributed by atoms with Crippen LogP contribution in [0.15, 0.2) is 58.1 Å². The predicted octanol–water partition coefficient (Wildman–Crippen LogP) is 4.19. The van der Waals surface area contributed by atoms with Crippen LogP contribution in [0.3, 0.4) is 0 Å². The van der Waals surface area contributed by atoms with E-state index in [1.807, 2.05) is 12.1 Å². The van der Waals surface area contributed by atoms with Gasteiger partial charge in [-0.15, -0.1) is 5.10 Å². The van der Waals surface area contributed by atoms with Gasteiger partial charge in [0, 0.05) is 11.3 Å². The smallest absolute Gasteiger partial charge is 0.283 e. The van der Waals surface area contributed by atoms with E-state index in [4.69, 9.17) is 33.3 Å². The molecule has 0 atom stereocenters. The molecule has 164 valence electrons. The molecule has 0 saturated carbocycles.